The number of rotatable bonds is 32. The van der Waals surface area contributed by atoms with E-state index in [1.807, 2.05) is 20.9 Å². The van der Waals surface area contributed by atoms with Crippen molar-refractivity contribution in [3.05, 3.63) is 0 Å². The molecule has 18 nitrogen and oxygen atoms in total. The summed E-state index contributed by atoms with van der Waals surface area (Å²) < 4.78 is 21.8. The maximum Gasteiger partial charge on any atom is 0.256 e. The molecular formula is C38H66N6O12S. The summed E-state index contributed by atoms with van der Waals surface area (Å²) in [7, 11) is 1.85. The van der Waals surface area contributed by atoms with Crippen molar-refractivity contribution < 1.29 is 57.9 Å². The summed E-state index contributed by atoms with van der Waals surface area (Å²) in [6.07, 6.45) is 5.77. The van der Waals surface area contributed by atoms with Gasteiger partial charge < -0.3 is 61.1 Å². The number of hydrogen-bond donors (Lipinski definition) is 8. The van der Waals surface area contributed by atoms with Crippen molar-refractivity contribution in [2.24, 2.45) is 11.8 Å². The molecular weight excluding hydrogens is 765 g/mol. The molecule has 5 amide bonds. The van der Waals surface area contributed by atoms with Crippen LogP contribution in [0, 0.1) is 24.2 Å². The van der Waals surface area contributed by atoms with Crippen molar-refractivity contribution >= 4 is 47.1 Å². The highest BCUT2D eigenvalue weighted by molar-refractivity contribution is 8.00. The van der Waals surface area contributed by atoms with Crippen LogP contribution < -0.4 is 31.9 Å². The van der Waals surface area contributed by atoms with Gasteiger partial charge in [-0.2, -0.15) is 0 Å². The minimum atomic E-state index is -1.42. The molecule has 0 unspecified atom stereocenters. The smallest absolute Gasteiger partial charge is 0.256 e. The van der Waals surface area contributed by atoms with Gasteiger partial charge in [0.25, 0.3) is 5.91 Å². The Morgan fingerprint density at radius 3 is 1.95 bits per heavy atom. The summed E-state index contributed by atoms with van der Waals surface area (Å²) in [6.45, 7) is 10.2. The Hall–Kier alpha value is -3.35. The molecule has 0 saturated carbocycles. The molecule has 1 fully saturated rings. The van der Waals surface area contributed by atoms with Crippen molar-refractivity contribution in [1.82, 2.24) is 31.9 Å². The molecule has 0 bridgehead atoms. The van der Waals surface area contributed by atoms with Crippen LogP contribution in [0.2, 0.25) is 0 Å². The first-order valence-corrected chi connectivity index (χ1v) is 20.6. The third kappa shape index (κ3) is 21.8. The average molecular weight is 831 g/mol. The van der Waals surface area contributed by atoms with Gasteiger partial charge in [0.1, 0.15) is 24.6 Å². The van der Waals surface area contributed by atoms with Gasteiger partial charge in [0.15, 0.2) is 6.04 Å². The fraction of sp³-hybridized carbons (Fsp3) is 0.789. The quantitative estimate of drug-likeness (QED) is 0.0221. The first kappa shape index (κ1) is 51.7. The second kappa shape index (κ2) is 30.7. The Kier molecular flexibility index (Phi) is 27.8. The summed E-state index contributed by atoms with van der Waals surface area (Å²) in [6, 6.07) is -3.84. The third-order valence-electron chi connectivity index (χ3n) is 8.93. The zero-order valence-corrected chi connectivity index (χ0v) is 34.9. The van der Waals surface area contributed by atoms with Crippen LogP contribution in [0.5, 0.6) is 0 Å². The molecule has 7 atom stereocenters. The molecule has 1 saturated heterocycles. The normalized spacial score (nSPS) is 19.2. The van der Waals surface area contributed by atoms with Crippen LogP contribution in [-0.2, 0) is 47.7 Å². The van der Waals surface area contributed by atoms with E-state index in [0.717, 1.165) is 13.0 Å². The number of amides is 5. The lowest BCUT2D eigenvalue weighted by atomic mass is 9.95. The molecule has 1 rings (SSSR count). The molecule has 19 heteroatoms. The Bertz CT molecular complexity index is 1270. The SMILES string of the molecule is C#C[C@H](NC(=O)[C@@H](NC(=O)[C@H](CCC(=O)NC[C@@H]1S[C@H](CC(=O)CCC)[C@@H](O)[C@H]1C)NC(=O)CCOCCOCCOCCOCCNC)C(C)C)C(=O)NCO. The number of ketones is 1. The van der Waals surface area contributed by atoms with E-state index < -0.39 is 66.4 Å². The predicted octanol–water partition coefficient (Wildman–Crippen LogP) is -1.39. The lowest BCUT2D eigenvalue weighted by molar-refractivity contribution is -0.134. The van der Waals surface area contributed by atoms with Gasteiger partial charge in [0.05, 0.1) is 59.0 Å². The van der Waals surface area contributed by atoms with E-state index >= 15 is 0 Å². The number of aliphatic hydroxyl groups excluding tert-OH is 2. The number of ether oxygens (including phenoxy) is 4. The lowest BCUT2D eigenvalue weighted by Crippen LogP contribution is -2.58. The maximum absolute atomic E-state index is 13.6. The van der Waals surface area contributed by atoms with Gasteiger partial charge in [0, 0.05) is 49.3 Å². The van der Waals surface area contributed by atoms with E-state index in [9.17, 15) is 33.9 Å². The Labute approximate surface area is 341 Å². The highest BCUT2D eigenvalue weighted by atomic mass is 32.2. The van der Waals surface area contributed by atoms with E-state index in [-0.39, 0.29) is 74.2 Å². The van der Waals surface area contributed by atoms with E-state index in [0.29, 0.717) is 39.5 Å². The van der Waals surface area contributed by atoms with Crippen LogP contribution in [0.3, 0.4) is 0 Å². The lowest BCUT2D eigenvalue weighted by Gasteiger charge is -2.26. The van der Waals surface area contributed by atoms with Crippen LogP contribution in [0.1, 0.15) is 66.2 Å². The van der Waals surface area contributed by atoms with Crippen LogP contribution >= 0.6 is 11.8 Å². The largest absolute Gasteiger partial charge is 0.392 e. The van der Waals surface area contributed by atoms with E-state index in [2.05, 4.69) is 37.8 Å². The van der Waals surface area contributed by atoms with Gasteiger partial charge in [-0.25, -0.2) is 0 Å². The summed E-state index contributed by atoms with van der Waals surface area (Å²) in [4.78, 5) is 77.1. The number of carbonyl (C=O) groups is 6. The average Bonchev–Trinajstić information content (AvgIpc) is 3.43. The molecule has 57 heavy (non-hydrogen) atoms. The predicted molar refractivity (Wildman–Crippen MR) is 214 cm³/mol. The fourth-order valence-corrected chi connectivity index (χ4v) is 7.32. The maximum atomic E-state index is 13.6. The number of aliphatic hydroxyl groups is 2. The van der Waals surface area contributed by atoms with Gasteiger partial charge >= 0.3 is 0 Å². The van der Waals surface area contributed by atoms with Crippen molar-refractivity contribution in [2.75, 3.05) is 79.7 Å². The zero-order chi connectivity index (χ0) is 42.6. The first-order valence-electron chi connectivity index (χ1n) is 19.6. The Morgan fingerprint density at radius 2 is 1.39 bits per heavy atom. The van der Waals surface area contributed by atoms with Gasteiger partial charge in [-0.1, -0.05) is 33.6 Å². The molecule has 326 valence electrons. The minimum Gasteiger partial charge on any atom is -0.392 e. The van der Waals surface area contributed by atoms with E-state index in [1.54, 1.807) is 13.8 Å². The highest BCUT2D eigenvalue weighted by Gasteiger charge is 2.41. The summed E-state index contributed by atoms with van der Waals surface area (Å²) in [5.41, 5.74) is 0. The second-order valence-corrected chi connectivity index (χ2v) is 15.3. The fourth-order valence-electron chi connectivity index (χ4n) is 5.59. The van der Waals surface area contributed by atoms with Gasteiger partial charge in [-0.3, -0.25) is 28.8 Å². The molecule has 0 aromatic carbocycles. The monoisotopic (exact) mass is 830 g/mol. The molecule has 0 aliphatic carbocycles. The molecule has 1 aliphatic rings. The molecule has 0 spiro atoms. The standard InChI is InChI=1S/C38H66N6O12S/c1-7-9-27(46)22-30-35(49)26(5)31(57-30)23-40-32(47)11-10-29(37(51)44-34(25(3)4)38(52)43-28(8-2)36(50)41-24-45)42-33(48)12-14-53-16-18-55-20-21-56-19-17-54-15-13-39-6/h2,25-26,28-31,34-35,39,45,49H,7,9-24H2,1,3-6H3,(H,40,47)(H,41,50)(H,42,48)(H,43,52)(H,44,51)/t26-,28-,29-,30+,31-,34-,35-/m0/s1. The molecule has 0 radical (unpaired) electrons. The number of nitrogens with one attached hydrogen (secondary N) is 6. The number of likely N-dealkylation sites (N-methyl/N-ethyl adjacent to an activating group) is 1. The highest BCUT2D eigenvalue weighted by Crippen LogP contribution is 2.40. The van der Waals surface area contributed by atoms with Gasteiger partial charge in [-0.05, 0) is 31.7 Å². The van der Waals surface area contributed by atoms with Gasteiger partial charge in [-0.15, -0.1) is 18.2 Å². The summed E-state index contributed by atoms with van der Waals surface area (Å²) in [5.74, 6) is -1.70. The molecule has 1 heterocycles. The van der Waals surface area contributed by atoms with Crippen molar-refractivity contribution in [2.45, 2.75) is 101 Å². The van der Waals surface area contributed by atoms with Crippen molar-refractivity contribution in [3.8, 4) is 12.3 Å². The summed E-state index contributed by atoms with van der Waals surface area (Å²) >= 11 is 1.48. The van der Waals surface area contributed by atoms with Gasteiger partial charge in [0.2, 0.25) is 23.6 Å². The zero-order valence-electron chi connectivity index (χ0n) is 34.1. The Morgan fingerprint density at radius 1 is 0.772 bits per heavy atom. The number of hydrogen-bond acceptors (Lipinski definition) is 14. The topological polar surface area (TPSA) is 252 Å². The van der Waals surface area contributed by atoms with E-state index in [4.69, 9.17) is 30.5 Å². The van der Waals surface area contributed by atoms with Crippen LogP contribution in [0.25, 0.3) is 0 Å². The second-order valence-electron chi connectivity index (χ2n) is 13.9. The van der Waals surface area contributed by atoms with E-state index in [1.165, 1.54) is 11.8 Å². The number of terminal acetylenes is 1. The van der Waals surface area contributed by atoms with Crippen LogP contribution in [-0.4, -0.2) is 160 Å². The molecule has 1 aliphatic heterocycles. The number of carbonyl (C=O) groups excluding carboxylic acids is 6. The molecule has 0 aromatic heterocycles. The minimum absolute atomic E-state index is 0.0268. The summed E-state index contributed by atoms with van der Waals surface area (Å²) in [5, 5.41) is 34.9. The number of Topliss-reactive ketones (excluding diaryl/α,β-unsaturated/α-hetero) is 1. The van der Waals surface area contributed by atoms with Crippen molar-refractivity contribution in [3.63, 3.8) is 0 Å². The van der Waals surface area contributed by atoms with Crippen LogP contribution in [0.4, 0.5) is 0 Å². The van der Waals surface area contributed by atoms with Crippen molar-refractivity contribution in [1.29, 1.82) is 0 Å². The Balaban J connectivity index is 2.77. The molecule has 8 N–H and O–H groups in total. The first-order chi connectivity index (χ1) is 27.3. The molecule has 0 aromatic rings. The third-order valence-corrected chi connectivity index (χ3v) is 10.7. The number of thioether (sulfide) groups is 1. The van der Waals surface area contributed by atoms with Crippen LogP contribution in [0.15, 0.2) is 0 Å².